The monoisotopic (exact) mass is 462 g/mol. The summed E-state index contributed by atoms with van der Waals surface area (Å²) >= 11 is 0. The zero-order valence-corrected chi connectivity index (χ0v) is 17.4. The van der Waals surface area contributed by atoms with Gasteiger partial charge in [-0.2, -0.15) is 0 Å². The summed E-state index contributed by atoms with van der Waals surface area (Å²) < 4.78 is 0. The van der Waals surface area contributed by atoms with E-state index in [2.05, 4.69) is 5.32 Å². The van der Waals surface area contributed by atoms with Crippen LogP contribution in [0.1, 0.15) is 44.8 Å². The molecule has 0 bridgehead atoms. The molecule has 1 aliphatic rings. The first-order valence-corrected chi connectivity index (χ1v) is 9.80. The molecule has 0 spiro atoms. The van der Waals surface area contributed by atoms with Crippen molar-refractivity contribution in [1.29, 1.82) is 0 Å². The molecule has 1 atom stereocenters. The van der Waals surface area contributed by atoms with Crippen LogP contribution in [0.15, 0.2) is 54.6 Å². The molecule has 34 heavy (non-hydrogen) atoms. The first kappa shape index (κ1) is 22.2. The van der Waals surface area contributed by atoms with Crippen LogP contribution in [0, 0.1) is 30.3 Å². The summed E-state index contributed by atoms with van der Waals surface area (Å²) in [4.78, 5) is 58.1. The summed E-state index contributed by atoms with van der Waals surface area (Å²) in [6.45, 7) is 1.68. The van der Waals surface area contributed by atoms with Gasteiger partial charge in [-0.1, -0.05) is 30.3 Å². The molecular formula is C22H14N4O8. The molecular weight excluding hydrogens is 448 g/mol. The Morgan fingerprint density at radius 1 is 0.824 bits per heavy atom. The van der Waals surface area contributed by atoms with Crippen molar-refractivity contribution in [2.75, 3.05) is 0 Å². The molecule has 0 heterocycles. The number of rotatable bonds is 6. The zero-order valence-electron chi connectivity index (χ0n) is 17.4. The molecule has 12 heteroatoms. The first-order valence-electron chi connectivity index (χ1n) is 9.80. The molecule has 0 fully saturated rings. The largest absolute Gasteiger partial charge is 0.345 e. The fourth-order valence-electron chi connectivity index (χ4n) is 3.91. The van der Waals surface area contributed by atoms with E-state index < -0.39 is 49.6 Å². The van der Waals surface area contributed by atoms with Crippen molar-refractivity contribution in [2.45, 2.75) is 13.0 Å². The Morgan fingerprint density at radius 2 is 1.38 bits per heavy atom. The second kappa shape index (κ2) is 8.16. The molecule has 0 radical (unpaired) electrons. The van der Waals surface area contributed by atoms with Crippen molar-refractivity contribution in [1.82, 2.24) is 5.32 Å². The van der Waals surface area contributed by atoms with Gasteiger partial charge < -0.3 is 5.32 Å². The number of amides is 1. The van der Waals surface area contributed by atoms with Crippen molar-refractivity contribution >= 4 is 28.8 Å². The van der Waals surface area contributed by atoms with Crippen LogP contribution in [-0.4, -0.2) is 26.5 Å². The highest BCUT2D eigenvalue weighted by molar-refractivity contribution is 6.26. The second-order valence-corrected chi connectivity index (χ2v) is 7.51. The zero-order chi connectivity index (χ0) is 24.7. The number of non-ortho nitro benzene ring substituents is 2. The van der Waals surface area contributed by atoms with Gasteiger partial charge in [-0.05, 0) is 12.5 Å². The van der Waals surface area contributed by atoms with Crippen molar-refractivity contribution in [3.8, 4) is 11.1 Å². The summed E-state index contributed by atoms with van der Waals surface area (Å²) in [5.41, 5.74) is -2.76. The van der Waals surface area contributed by atoms with Crippen LogP contribution in [-0.2, 0) is 0 Å². The molecule has 1 N–H and O–H groups in total. The minimum atomic E-state index is -0.899. The standard InChI is InChI=1S/C22H14N4O8/c1-11(12-5-3-2-4-6-12)23-22(28)17-9-13(24(29)30)7-15-19(17)20-16(21(15)27)8-14(25(31)32)10-18(20)26(33)34/h2-11H,1H3,(H,23,28). The Labute approximate surface area is 190 Å². The van der Waals surface area contributed by atoms with Crippen LogP contribution < -0.4 is 5.32 Å². The summed E-state index contributed by atoms with van der Waals surface area (Å²) in [5.74, 6) is -1.68. The van der Waals surface area contributed by atoms with E-state index in [1.807, 2.05) is 0 Å². The third kappa shape index (κ3) is 3.62. The lowest BCUT2D eigenvalue weighted by molar-refractivity contribution is -0.393. The minimum absolute atomic E-state index is 0.176. The fourth-order valence-corrected chi connectivity index (χ4v) is 3.91. The summed E-state index contributed by atoms with van der Waals surface area (Å²) in [5, 5.41) is 37.1. The topological polar surface area (TPSA) is 176 Å². The van der Waals surface area contributed by atoms with E-state index in [4.69, 9.17) is 0 Å². The van der Waals surface area contributed by atoms with Gasteiger partial charge in [0.2, 0.25) is 0 Å². The van der Waals surface area contributed by atoms with Gasteiger partial charge in [0, 0.05) is 34.9 Å². The molecule has 3 aromatic rings. The third-order valence-corrected chi connectivity index (χ3v) is 5.47. The van der Waals surface area contributed by atoms with E-state index in [1.165, 1.54) is 0 Å². The van der Waals surface area contributed by atoms with Crippen LogP contribution in [0.2, 0.25) is 0 Å². The molecule has 0 aliphatic heterocycles. The average molecular weight is 462 g/mol. The maximum atomic E-state index is 13.2. The lowest BCUT2D eigenvalue weighted by Crippen LogP contribution is -2.27. The van der Waals surface area contributed by atoms with Gasteiger partial charge in [-0.25, -0.2) is 0 Å². The molecule has 1 aliphatic carbocycles. The Kier molecular flexibility index (Phi) is 5.33. The van der Waals surface area contributed by atoms with Gasteiger partial charge in [-0.15, -0.1) is 0 Å². The first-order chi connectivity index (χ1) is 16.1. The van der Waals surface area contributed by atoms with E-state index in [0.29, 0.717) is 6.07 Å². The number of nitrogens with one attached hydrogen (secondary N) is 1. The smallest absolute Gasteiger partial charge is 0.284 e. The number of carbonyl (C=O) groups is 2. The molecule has 0 saturated heterocycles. The number of nitro benzene ring substituents is 3. The van der Waals surface area contributed by atoms with Crippen LogP contribution in [0.3, 0.4) is 0 Å². The van der Waals surface area contributed by atoms with Crippen molar-refractivity contribution < 1.29 is 24.4 Å². The maximum Gasteiger partial charge on any atom is 0.284 e. The second-order valence-electron chi connectivity index (χ2n) is 7.51. The minimum Gasteiger partial charge on any atom is -0.345 e. The number of fused-ring (bicyclic) bond motifs is 3. The lowest BCUT2D eigenvalue weighted by Gasteiger charge is -2.16. The molecule has 0 saturated carbocycles. The SMILES string of the molecule is CC(NC(=O)c1cc([N+](=O)[O-])cc2c1-c1c(cc([N+](=O)[O-])cc1[N+](=O)[O-])C2=O)c1ccccc1. The Hall–Kier alpha value is -5.00. The van der Waals surface area contributed by atoms with E-state index in [9.17, 15) is 39.9 Å². The van der Waals surface area contributed by atoms with Crippen molar-refractivity contribution in [3.63, 3.8) is 0 Å². The number of benzene rings is 3. The highest BCUT2D eigenvalue weighted by Gasteiger charge is 2.40. The normalized spacial score (nSPS) is 12.4. The van der Waals surface area contributed by atoms with Crippen molar-refractivity contribution in [3.05, 3.63) is 107 Å². The highest BCUT2D eigenvalue weighted by atomic mass is 16.6. The van der Waals surface area contributed by atoms with Crippen LogP contribution in [0.25, 0.3) is 11.1 Å². The Bertz CT molecular complexity index is 1420. The molecule has 0 aromatic heterocycles. The summed E-state index contributed by atoms with van der Waals surface area (Å²) in [6, 6.07) is 11.7. The molecule has 1 amide bonds. The Balaban J connectivity index is 1.94. The quantitative estimate of drug-likeness (QED) is 0.329. The van der Waals surface area contributed by atoms with Gasteiger partial charge in [0.1, 0.15) is 0 Å². The van der Waals surface area contributed by atoms with Crippen LogP contribution in [0.5, 0.6) is 0 Å². The predicted molar refractivity (Wildman–Crippen MR) is 118 cm³/mol. The van der Waals surface area contributed by atoms with E-state index >= 15 is 0 Å². The molecule has 170 valence electrons. The van der Waals surface area contributed by atoms with Crippen LogP contribution in [0.4, 0.5) is 17.1 Å². The fraction of sp³-hybridized carbons (Fsp3) is 0.0909. The number of nitrogens with zero attached hydrogens (tertiary/aromatic N) is 3. The van der Waals surface area contributed by atoms with Gasteiger partial charge in [0.05, 0.1) is 38.0 Å². The van der Waals surface area contributed by atoms with E-state index in [-0.39, 0.29) is 27.8 Å². The average Bonchev–Trinajstić information content (AvgIpc) is 3.10. The molecule has 12 nitrogen and oxygen atoms in total. The number of ketones is 1. The number of hydrogen-bond donors (Lipinski definition) is 1. The summed E-state index contributed by atoms with van der Waals surface area (Å²) in [7, 11) is 0. The highest BCUT2D eigenvalue weighted by Crippen LogP contribution is 2.47. The molecule has 4 rings (SSSR count). The summed E-state index contributed by atoms with van der Waals surface area (Å²) in [6.07, 6.45) is 0. The predicted octanol–water partition coefficient (Wildman–Crippen LogP) is 4.11. The van der Waals surface area contributed by atoms with Gasteiger partial charge in [-0.3, -0.25) is 39.9 Å². The molecule has 3 aromatic carbocycles. The lowest BCUT2D eigenvalue weighted by atomic mass is 9.96. The van der Waals surface area contributed by atoms with E-state index in [0.717, 1.165) is 23.8 Å². The van der Waals surface area contributed by atoms with Crippen molar-refractivity contribution in [2.24, 2.45) is 0 Å². The number of carbonyl (C=O) groups excluding carboxylic acids is 2. The number of nitro groups is 3. The third-order valence-electron chi connectivity index (χ3n) is 5.47. The van der Waals surface area contributed by atoms with Gasteiger partial charge >= 0.3 is 0 Å². The maximum absolute atomic E-state index is 13.2. The molecule has 1 unspecified atom stereocenters. The van der Waals surface area contributed by atoms with Gasteiger partial charge in [0.25, 0.3) is 23.0 Å². The van der Waals surface area contributed by atoms with Crippen LogP contribution >= 0.6 is 0 Å². The number of hydrogen-bond acceptors (Lipinski definition) is 8. The van der Waals surface area contributed by atoms with Gasteiger partial charge in [0.15, 0.2) is 5.78 Å². The Morgan fingerprint density at radius 3 is 1.94 bits per heavy atom. The van der Waals surface area contributed by atoms with E-state index in [1.54, 1.807) is 37.3 Å².